The van der Waals surface area contributed by atoms with Crippen LogP contribution in [0.4, 0.5) is 0 Å². The van der Waals surface area contributed by atoms with Gasteiger partial charge in [0.25, 0.3) is 5.56 Å². The summed E-state index contributed by atoms with van der Waals surface area (Å²) < 4.78 is 12.7. The van der Waals surface area contributed by atoms with Gasteiger partial charge in [-0.25, -0.2) is 4.98 Å². The van der Waals surface area contributed by atoms with Gasteiger partial charge in [-0.3, -0.25) is 14.0 Å². The largest absolute Gasteiger partial charge is 0.486 e. The van der Waals surface area contributed by atoms with E-state index in [0.717, 1.165) is 5.56 Å². The predicted octanol–water partition coefficient (Wildman–Crippen LogP) is 2.08. The summed E-state index contributed by atoms with van der Waals surface area (Å²) in [4.78, 5) is 29.2. The second-order valence-corrected chi connectivity index (χ2v) is 7.71. The standard InChI is InChI=1S/C18H17N3O4S2/c22-15(19-9-12-2-1-3-14-17(12)25-6-5-24-14)11-26-10-13-8-16(23)21-4-7-27-18(21)20-13/h1-4,7-8H,5-6,9-11H2,(H,19,22). The molecule has 1 aliphatic heterocycles. The van der Waals surface area contributed by atoms with Crippen molar-refractivity contribution in [2.75, 3.05) is 19.0 Å². The van der Waals surface area contributed by atoms with E-state index in [0.29, 0.717) is 47.7 Å². The van der Waals surface area contributed by atoms with Crippen molar-refractivity contribution in [1.29, 1.82) is 0 Å². The van der Waals surface area contributed by atoms with E-state index >= 15 is 0 Å². The fraction of sp³-hybridized carbons (Fsp3) is 0.278. The van der Waals surface area contributed by atoms with Gasteiger partial charge in [-0.05, 0) is 6.07 Å². The molecule has 0 unspecified atom stereocenters. The van der Waals surface area contributed by atoms with Crippen molar-refractivity contribution >= 4 is 34.0 Å². The van der Waals surface area contributed by atoms with Crippen LogP contribution in [-0.4, -0.2) is 34.3 Å². The molecule has 0 saturated heterocycles. The zero-order valence-electron chi connectivity index (χ0n) is 14.3. The highest BCUT2D eigenvalue weighted by Gasteiger charge is 2.16. The van der Waals surface area contributed by atoms with Gasteiger partial charge in [0.1, 0.15) is 13.2 Å². The van der Waals surface area contributed by atoms with Crippen LogP contribution in [-0.2, 0) is 17.1 Å². The van der Waals surface area contributed by atoms with Gasteiger partial charge >= 0.3 is 0 Å². The first kappa shape index (κ1) is 17.9. The fourth-order valence-corrected chi connectivity index (χ4v) is 4.21. The molecule has 0 aliphatic carbocycles. The Morgan fingerprint density at radius 3 is 3.15 bits per heavy atom. The highest BCUT2D eigenvalue weighted by Crippen LogP contribution is 2.33. The molecule has 1 N–H and O–H groups in total. The predicted molar refractivity (Wildman–Crippen MR) is 105 cm³/mol. The highest BCUT2D eigenvalue weighted by atomic mass is 32.2. The first-order valence-electron chi connectivity index (χ1n) is 8.38. The number of fused-ring (bicyclic) bond motifs is 2. The van der Waals surface area contributed by atoms with Crippen LogP contribution in [0.5, 0.6) is 11.5 Å². The van der Waals surface area contributed by atoms with Crippen LogP contribution in [0.25, 0.3) is 4.96 Å². The van der Waals surface area contributed by atoms with Crippen LogP contribution in [0, 0.1) is 0 Å². The summed E-state index contributed by atoms with van der Waals surface area (Å²) in [5.74, 6) is 2.13. The van der Waals surface area contributed by atoms with Gasteiger partial charge in [0.05, 0.1) is 11.4 Å². The summed E-state index contributed by atoms with van der Waals surface area (Å²) >= 11 is 2.84. The number of hydrogen-bond acceptors (Lipinski definition) is 7. The SMILES string of the molecule is O=C(CSCc1cc(=O)n2ccsc2n1)NCc1cccc2c1OCCO2. The molecule has 2 aromatic heterocycles. The maximum atomic E-state index is 12.1. The number of thioether (sulfide) groups is 1. The molecule has 0 bridgehead atoms. The van der Waals surface area contributed by atoms with Crippen LogP contribution in [0.15, 0.2) is 40.6 Å². The van der Waals surface area contributed by atoms with Gasteiger partial charge in [0, 0.05) is 35.5 Å². The summed E-state index contributed by atoms with van der Waals surface area (Å²) in [5, 5.41) is 4.72. The summed E-state index contributed by atoms with van der Waals surface area (Å²) in [6, 6.07) is 7.16. The zero-order chi connectivity index (χ0) is 18.6. The number of amides is 1. The van der Waals surface area contributed by atoms with E-state index in [4.69, 9.17) is 9.47 Å². The molecule has 1 aromatic carbocycles. The Balaban J connectivity index is 1.29. The number of para-hydroxylation sites is 1. The maximum Gasteiger partial charge on any atom is 0.258 e. The van der Waals surface area contributed by atoms with Crippen LogP contribution < -0.4 is 20.3 Å². The number of hydrogen-bond donors (Lipinski definition) is 1. The van der Waals surface area contributed by atoms with Crippen molar-refractivity contribution in [2.45, 2.75) is 12.3 Å². The van der Waals surface area contributed by atoms with Crippen LogP contribution in [0.1, 0.15) is 11.3 Å². The van der Waals surface area contributed by atoms with Crippen LogP contribution >= 0.6 is 23.1 Å². The summed E-state index contributed by atoms with van der Waals surface area (Å²) in [7, 11) is 0. The molecular formula is C18H17N3O4S2. The van der Waals surface area contributed by atoms with Crippen LogP contribution in [0.2, 0.25) is 0 Å². The minimum atomic E-state index is -0.0997. The van der Waals surface area contributed by atoms with Crippen molar-refractivity contribution in [2.24, 2.45) is 0 Å². The molecule has 0 radical (unpaired) electrons. The van der Waals surface area contributed by atoms with Crippen molar-refractivity contribution in [3.63, 3.8) is 0 Å². The average Bonchev–Trinajstić information content (AvgIpc) is 3.15. The van der Waals surface area contributed by atoms with Gasteiger partial charge < -0.3 is 14.8 Å². The van der Waals surface area contributed by atoms with Crippen molar-refractivity contribution < 1.29 is 14.3 Å². The lowest BCUT2D eigenvalue weighted by molar-refractivity contribution is -0.118. The molecule has 0 spiro atoms. The third kappa shape index (κ3) is 4.09. The summed E-state index contributed by atoms with van der Waals surface area (Å²) in [6.45, 7) is 1.43. The zero-order valence-corrected chi connectivity index (χ0v) is 16.0. The molecule has 1 aliphatic rings. The number of carbonyl (C=O) groups excluding carboxylic acids is 1. The topological polar surface area (TPSA) is 81.9 Å². The van der Waals surface area contributed by atoms with E-state index in [1.807, 2.05) is 23.6 Å². The first-order valence-corrected chi connectivity index (χ1v) is 10.4. The Bertz CT molecular complexity index is 1030. The van der Waals surface area contributed by atoms with E-state index in [1.54, 1.807) is 6.20 Å². The Hall–Kier alpha value is -2.52. The number of benzene rings is 1. The smallest absolute Gasteiger partial charge is 0.258 e. The fourth-order valence-electron chi connectivity index (χ4n) is 2.73. The lowest BCUT2D eigenvalue weighted by atomic mass is 10.1. The molecular weight excluding hydrogens is 386 g/mol. The minimum Gasteiger partial charge on any atom is -0.486 e. The molecule has 140 valence electrons. The third-order valence-corrected chi connectivity index (χ3v) is 5.69. The molecule has 3 aromatic rings. The lowest BCUT2D eigenvalue weighted by Crippen LogP contribution is -2.26. The number of rotatable bonds is 6. The van der Waals surface area contributed by atoms with Gasteiger partial charge in [-0.15, -0.1) is 23.1 Å². The second-order valence-electron chi connectivity index (χ2n) is 5.85. The Morgan fingerprint density at radius 2 is 2.22 bits per heavy atom. The van der Waals surface area contributed by atoms with Gasteiger partial charge in [-0.2, -0.15) is 0 Å². The number of carbonyl (C=O) groups is 1. The Morgan fingerprint density at radius 1 is 1.33 bits per heavy atom. The molecule has 0 atom stereocenters. The lowest BCUT2D eigenvalue weighted by Gasteiger charge is -2.21. The third-order valence-electron chi connectivity index (χ3n) is 3.96. The Labute approximate surface area is 163 Å². The van der Waals surface area contributed by atoms with Crippen molar-refractivity contribution in [1.82, 2.24) is 14.7 Å². The van der Waals surface area contributed by atoms with Gasteiger partial charge in [0.15, 0.2) is 16.5 Å². The molecule has 9 heteroatoms. The van der Waals surface area contributed by atoms with E-state index in [-0.39, 0.29) is 17.2 Å². The monoisotopic (exact) mass is 403 g/mol. The molecule has 0 fully saturated rings. The minimum absolute atomic E-state index is 0.0803. The van der Waals surface area contributed by atoms with E-state index in [1.165, 1.54) is 33.6 Å². The normalized spacial score (nSPS) is 12.9. The second kappa shape index (κ2) is 8.01. The summed E-state index contributed by atoms with van der Waals surface area (Å²) in [6.07, 6.45) is 1.71. The quantitative estimate of drug-likeness (QED) is 0.679. The Kier molecular flexibility index (Phi) is 5.30. The first-order chi connectivity index (χ1) is 13.2. The van der Waals surface area contributed by atoms with Gasteiger partial charge in [0.2, 0.25) is 5.91 Å². The van der Waals surface area contributed by atoms with Crippen LogP contribution in [0.3, 0.4) is 0 Å². The molecule has 27 heavy (non-hydrogen) atoms. The number of nitrogens with zero attached hydrogens (tertiary/aromatic N) is 2. The van der Waals surface area contributed by atoms with Crippen molar-refractivity contribution in [3.05, 3.63) is 57.5 Å². The van der Waals surface area contributed by atoms with E-state index in [9.17, 15) is 9.59 Å². The maximum absolute atomic E-state index is 12.1. The highest BCUT2D eigenvalue weighted by molar-refractivity contribution is 7.99. The molecule has 4 rings (SSSR count). The number of nitrogens with one attached hydrogen (secondary N) is 1. The molecule has 0 saturated carbocycles. The molecule has 3 heterocycles. The molecule has 1 amide bonds. The number of aromatic nitrogens is 2. The summed E-state index contributed by atoms with van der Waals surface area (Å²) in [5.41, 5.74) is 1.48. The van der Waals surface area contributed by atoms with Crippen molar-refractivity contribution in [3.8, 4) is 11.5 Å². The average molecular weight is 403 g/mol. The number of ether oxygens (including phenoxy) is 2. The van der Waals surface area contributed by atoms with E-state index < -0.39 is 0 Å². The van der Waals surface area contributed by atoms with E-state index in [2.05, 4.69) is 10.3 Å². The van der Waals surface area contributed by atoms with Gasteiger partial charge in [-0.1, -0.05) is 12.1 Å². The number of thiazole rings is 1. The molecule has 7 nitrogen and oxygen atoms in total.